The molecule has 1 amide bonds. The van der Waals surface area contributed by atoms with Crippen LogP contribution >= 0.6 is 11.6 Å². The first kappa shape index (κ1) is 21.8. The van der Waals surface area contributed by atoms with Gasteiger partial charge in [0.2, 0.25) is 11.8 Å². The van der Waals surface area contributed by atoms with E-state index in [1.54, 1.807) is 0 Å². The number of ether oxygens (including phenoxy) is 2. The van der Waals surface area contributed by atoms with Gasteiger partial charge in [0, 0.05) is 24.2 Å². The monoisotopic (exact) mass is 444 g/mol. The number of rotatable bonds is 7. The molecule has 166 valence electrons. The number of aryl methyl sites for hydroxylation is 1. The Balaban J connectivity index is 1.34. The fourth-order valence-electron chi connectivity index (χ4n) is 4.44. The highest BCUT2D eigenvalue weighted by atomic mass is 35.5. The summed E-state index contributed by atoms with van der Waals surface area (Å²) in [6.45, 7) is 5.62. The van der Waals surface area contributed by atoms with Gasteiger partial charge in [-0.25, -0.2) is 4.98 Å². The van der Waals surface area contributed by atoms with Crippen LogP contribution in [0.15, 0.2) is 30.3 Å². The lowest BCUT2D eigenvalue weighted by Gasteiger charge is -2.28. The molecular weight excluding hydrogens is 416 g/mol. The normalized spacial score (nSPS) is 18.1. The van der Waals surface area contributed by atoms with Crippen LogP contribution < -0.4 is 15.0 Å². The standard InChI is InChI=1S/C23H29ClN4O3/c1-17-26-20(28-11-14-30-15-12-28)16-21(27-17)31-13-10-25-22(29)23(8-2-3-9-23)18-4-6-19(24)7-5-18/h4-7,16H,2-3,8-15H2,1H3,(H,25,29). The highest BCUT2D eigenvalue weighted by Gasteiger charge is 2.42. The molecule has 7 nitrogen and oxygen atoms in total. The number of nitrogens with zero attached hydrogens (tertiary/aromatic N) is 3. The highest BCUT2D eigenvalue weighted by molar-refractivity contribution is 6.30. The van der Waals surface area contributed by atoms with Crippen LogP contribution in [0.2, 0.25) is 5.02 Å². The van der Waals surface area contributed by atoms with Crippen molar-refractivity contribution in [3.05, 3.63) is 46.7 Å². The second-order valence-corrected chi connectivity index (χ2v) is 8.55. The number of anilines is 1. The minimum atomic E-state index is -0.473. The number of halogens is 1. The molecule has 0 spiro atoms. The highest BCUT2D eigenvalue weighted by Crippen LogP contribution is 2.41. The molecular formula is C23H29ClN4O3. The second kappa shape index (κ2) is 9.83. The van der Waals surface area contributed by atoms with E-state index in [1.165, 1.54) is 0 Å². The molecule has 1 saturated heterocycles. The summed E-state index contributed by atoms with van der Waals surface area (Å²) in [6, 6.07) is 9.52. The summed E-state index contributed by atoms with van der Waals surface area (Å²) in [5.74, 6) is 2.10. The first-order chi connectivity index (χ1) is 15.1. The van der Waals surface area contributed by atoms with Crippen molar-refractivity contribution in [3.63, 3.8) is 0 Å². The molecule has 0 bridgehead atoms. The molecule has 8 heteroatoms. The van der Waals surface area contributed by atoms with Crippen LogP contribution in [-0.4, -0.2) is 55.3 Å². The average Bonchev–Trinajstić information content (AvgIpc) is 3.28. The third-order valence-electron chi connectivity index (χ3n) is 6.06. The Bertz CT molecular complexity index is 894. The summed E-state index contributed by atoms with van der Waals surface area (Å²) < 4.78 is 11.3. The molecule has 2 aliphatic rings. The fraction of sp³-hybridized carbons (Fsp3) is 0.522. The molecule has 0 unspecified atom stereocenters. The molecule has 1 aromatic heterocycles. The minimum absolute atomic E-state index is 0.0591. The van der Waals surface area contributed by atoms with Crippen LogP contribution in [0.1, 0.15) is 37.1 Å². The molecule has 2 aromatic rings. The fourth-order valence-corrected chi connectivity index (χ4v) is 4.56. The zero-order chi connectivity index (χ0) is 21.7. The predicted molar refractivity (Wildman–Crippen MR) is 120 cm³/mol. The number of nitrogens with one attached hydrogen (secondary N) is 1. The van der Waals surface area contributed by atoms with Gasteiger partial charge in [-0.05, 0) is 37.5 Å². The quantitative estimate of drug-likeness (QED) is 0.660. The molecule has 1 aliphatic heterocycles. The molecule has 1 N–H and O–H groups in total. The first-order valence-corrected chi connectivity index (χ1v) is 11.3. The molecule has 31 heavy (non-hydrogen) atoms. The zero-order valence-electron chi connectivity index (χ0n) is 17.9. The minimum Gasteiger partial charge on any atom is -0.476 e. The van der Waals surface area contributed by atoms with Crippen LogP contribution in [0.4, 0.5) is 5.82 Å². The molecule has 1 aromatic carbocycles. The van der Waals surface area contributed by atoms with Gasteiger partial charge in [-0.2, -0.15) is 4.98 Å². The molecule has 1 saturated carbocycles. The lowest BCUT2D eigenvalue weighted by Crippen LogP contribution is -2.44. The van der Waals surface area contributed by atoms with Gasteiger partial charge in [-0.3, -0.25) is 4.79 Å². The lowest BCUT2D eigenvalue weighted by molar-refractivity contribution is -0.126. The Morgan fingerprint density at radius 1 is 1.19 bits per heavy atom. The maximum atomic E-state index is 13.1. The van der Waals surface area contributed by atoms with E-state index >= 15 is 0 Å². The predicted octanol–water partition coefficient (Wildman–Crippen LogP) is 3.28. The van der Waals surface area contributed by atoms with E-state index in [4.69, 9.17) is 21.1 Å². The number of hydrogen-bond donors (Lipinski definition) is 1. The van der Waals surface area contributed by atoms with Gasteiger partial charge in [0.15, 0.2) is 0 Å². The summed E-state index contributed by atoms with van der Waals surface area (Å²) in [5, 5.41) is 3.76. The maximum Gasteiger partial charge on any atom is 0.230 e. The van der Waals surface area contributed by atoms with Crippen molar-refractivity contribution >= 4 is 23.3 Å². The molecule has 0 atom stereocenters. The Kier molecular flexibility index (Phi) is 6.92. The van der Waals surface area contributed by atoms with Gasteiger partial charge in [-0.15, -0.1) is 0 Å². The van der Waals surface area contributed by atoms with Crippen molar-refractivity contribution in [3.8, 4) is 5.88 Å². The van der Waals surface area contributed by atoms with Crippen molar-refractivity contribution in [1.29, 1.82) is 0 Å². The van der Waals surface area contributed by atoms with Crippen molar-refractivity contribution in [2.75, 3.05) is 44.4 Å². The maximum absolute atomic E-state index is 13.1. The van der Waals surface area contributed by atoms with Crippen LogP contribution in [0.3, 0.4) is 0 Å². The van der Waals surface area contributed by atoms with Crippen molar-refractivity contribution in [2.24, 2.45) is 0 Å². The molecule has 2 heterocycles. The Hall–Kier alpha value is -2.38. The summed E-state index contributed by atoms with van der Waals surface area (Å²) in [7, 11) is 0. The molecule has 1 aliphatic carbocycles. The summed E-state index contributed by atoms with van der Waals surface area (Å²) >= 11 is 6.04. The lowest BCUT2D eigenvalue weighted by atomic mass is 9.78. The summed E-state index contributed by atoms with van der Waals surface area (Å²) in [5.41, 5.74) is 0.564. The third-order valence-corrected chi connectivity index (χ3v) is 6.31. The number of carbonyl (C=O) groups excluding carboxylic acids is 1. The van der Waals surface area contributed by atoms with Gasteiger partial charge in [0.1, 0.15) is 18.2 Å². The largest absolute Gasteiger partial charge is 0.476 e. The van der Waals surface area contributed by atoms with Gasteiger partial charge >= 0.3 is 0 Å². The van der Waals surface area contributed by atoms with E-state index in [0.29, 0.717) is 43.1 Å². The Morgan fingerprint density at radius 3 is 2.61 bits per heavy atom. The number of morpholine rings is 1. The van der Waals surface area contributed by atoms with Crippen molar-refractivity contribution in [2.45, 2.75) is 38.0 Å². The van der Waals surface area contributed by atoms with Crippen LogP contribution in [0.5, 0.6) is 5.88 Å². The SMILES string of the molecule is Cc1nc(OCCNC(=O)C2(c3ccc(Cl)cc3)CCCC2)cc(N2CCOCC2)n1. The summed E-state index contributed by atoms with van der Waals surface area (Å²) in [6.07, 6.45) is 3.82. The number of carbonyl (C=O) groups is 1. The summed E-state index contributed by atoms with van der Waals surface area (Å²) in [4.78, 5) is 24.2. The number of benzene rings is 1. The smallest absolute Gasteiger partial charge is 0.230 e. The van der Waals surface area contributed by atoms with Crippen LogP contribution in [-0.2, 0) is 14.9 Å². The molecule has 4 rings (SSSR count). The average molecular weight is 445 g/mol. The second-order valence-electron chi connectivity index (χ2n) is 8.11. The van der Waals surface area contributed by atoms with Crippen LogP contribution in [0, 0.1) is 6.92 Å². The number of amides is 1. The molecule has 0 radical (unpaired) electrons. The van der Waals surface area contributed by atoms with E-state index in [1.807, 2.05) is 37.3 Å². The van der Waals surface area contributed by atoms with Gasteiger partial charge in [0.05, 0.1) is 25.2 Å². The van der Waals surface area contributed by atoms with E-state index < -0.39 is 5.41 Å². The van der Waals surface area contributed by atoms with E-state index in [2.05, 4.69) is 20.2 Å². The number of aromatic nitrogens is 2. The van der Waals surface area contributed by atoms with Gasteiger partial charge < -0.3 is 19.7 Å². The topological polar surface area (TPSA) is 76.6 Å². The van der Waals surface area contributed by atoms with Gasteiger partial charge in [-0.1, -0.05) is 36.6 Å². The third kappa shape index (κ3) is 5.10. The zero-order valence-corrected chi connectivity index (χ0v) is 18.7. The Labute approximate surface area is 188 Å². The Morgan fingerprint density at radius 2 is 1.90 bits per heavy atom. The number of hydrogen-bond acceptors (Lipinski definition) is 6. The van der Waals surface area contributed by atoms with Crippen LogP contribution in [0.25, 0.3) is 0 Å². The van der Waals surface area contributed by atoms with Crippen molar-refractivity contribution < 1.29 is 14.3 Å². The van der Waals surface area contributed by atoms with E-state index in [0.717, 1.165) is 50.2 Å². The van der Waals surface area contributed by atoms with E-state index in [9.17, 15) is 4.79 Å². The van der Waals surface area contributed by atoms with E-state index in [-0.39, 0.29) is 5.91 Å². The molecule has 2 fully saturated rings. The van der Waals surface area contributed by atoms with Crippen molar-refractivity contribution in [1.82, 2.24) is 15.3 Å². The first-order valence-electron chi connectivity index (χ1n) is 10.9. The van der Waals surface area contributed by atoms with Gasteiger partial charge in [0.25, 0.3) is 0 Å².